The van der Waals surface area contributed by atoms with Gasteiger partial charge in [0.2, 0.25) is 5.91 Å². The maximum atomic E-state index is 13.2. The summed E-state index contributed by atoms with van der Waals surface area (Å²) < 4.78 is 5.12. The first-order valence-electron chi connectivity index (χ1n) is 9.96. The SMILES string of the molecule is CCCCCN(CCCOC)C(=O)C(CCC(=O)O)CSc1ccc(Cl)c(Cl)c1. The number of carbonyl (C=O) groups is 2. The van der Waals surface area contributed by atoms with Gasteiger partial charge in [-0.3, -0.25) is 9.59 Å². The first-order chi connectivity index (χ1) is 13.9. The van der Waals surface area contributed by atoms with E-state index in [0.29, 0.717) is 41.9 Å². The molecule has 0 bridgehead atoms. The second kappa shape index (κ2) is 14.9. The molecule has 0 fully saturated rings. The summed E-state index contributed by atoms with van der Waals surface area (Å²) in [6, 6.07) is 5.35. The van der Waals surface area contributed by atoms with Crippen LogP contribution in [0.15, 0.2) is 23.1 Å². The van der Waals surface area contributed by atoms with E-state index in [0.717, 1.165) is 30.6 Å². The molecule has 0 heterocycles. The van der Waals surface area contributed by atoms with Crippen molar-refractivity contribution in [3.8, 4) is 0 Å². The number of ether oxygens (including phenoxy) is 1. The molecule has 8 heteroatoms. The van der Waals surface area contributed by atoms with E-state index in [1.165, 1.54) is 11.8 Å². The summed E-state index contributed by atoms with van der Waals surface area (Å²) in [5, 5.41) is 10.0. The number of halogens is 2. The number of hydrogen-bond acceptors (Lipinski definition) is 4. The minimum absolute atomic E-state index is 0.0195. The summed E-state index contributed by atoms with van der Waals surface area (Å²) in [5.74, 6) is -0.737. The van der Waals surface area contributed by atoms with Gasteiger partial charge in [0.25, 0.3) is 0 Å². The highest BCUT2D eigenvalue weighted by molar-refractivity contribution is 7.99. The van der Waals surface area contributed by atoms with Gasteiger partial charge in [-0.2, -0.15) is 0 Å². The zero-order valence-electron chi connectivity index (χ0n) is 17.2. The van der Waals surface area contributed by atoms with Crippen molar-refractivity contribution >= 4 is 46.8 Å². The van der Waals surface area contributed by atoms with E-state index in [-0.39, 0.29) is 18.2 Å². The second-order valence-corrected chi connectivity index (χ2v) is 8.80. The van der Waals surface area contributed by atoms with Crippen LogP contribution in [0.2, 0.25) is 10.0 Å². The van der Waals surface area contributed by atoms with E-state index >= 15 is 0 Å². The third-order valence-electron chi connectivity index (χ3n) is 4.52. The minimum atomic E-state index is -0.890. The number of thioether (sulfide) groups is 1. The quantitative estimate of drug-likeness (QED) is 0.270. The molecule has 29 heavy (non-hydrogen) atoms. The van der Waals surface area contributed by atoms with Crippen molar-refractivity contribution in [1.82, 2.24) is 4.90 Å². The molecule has 1 unspecified atom stereocenters. The number of benzene rings is 1. The van der Waals surface area contributed by atoms with Gasteiger partial charge in [-0.1, -0.05) is 43.0 Å². The Kier molecular flexibility index (Phi) is 13.4. The van der Waals surface area contributed by atoms with Gasteiger partial charge in [0.15, 0.2) is 0 Å². The molecule has 1 aromatic rings. The smallest absolute Gasteiger partial charge is 0.303 e. The molecule has 1 aromatic carbocycles. The van der Waals surface area contributed by atoms with Gasteiger partial charge in [-0.05, 0) is 37.5 Å². The number of nitrogens with zero attached hydrogens (tertiary/aromatic N) is 1. The number of methoxy groups -OCH3 is 1. The highest BCUT2D eigenvalue weighted by Crippen LogP contribution is 2.30. The zero-order chi connectivity index (χ0) is 21.6. The Bertz CT molecular complexity index is 635. The van der Waals surface area contributed by atoms with Crippen LogP contribution in [0.3, 0.4) is 0 Å². The highest BCUT2D eigenvalue weighted by atomic mass is 35.5. The van der Waals surface area contributed by atoms with Gasteiger partial charge in [-0.25, -0.2) is 0 Å². The van der Waals surface area contributed by atoms with Crippen LogP contribution >= 0.6 is 35.0 Å². The molecular weight excluding hydrogens is 433 g/mol. The molecule has 1 N–H and O–H groups in total. The molecule has 1 atom stereocenters. The number of carbonyl (C=O) groups excluding carboxylic acids is 1. The second-order valence-electron chi connectivity index (χ2n) is 6.90. The molecule has 1 amide bonds. The van der Waals surface area contributed by atoms with Gasteiger partial charge >= 0.3 is 5.97 Å². The van der Waals surface area contributed by atoms with E-state index in [9.17, 15) is 9.59 Å². The third-order valence-corrected chi connectivity index (χ3v) is 6.41. The monoisotopic (exact) mass is 463 g/mol. The summed E-state index contributed by atoms with van der Waals surface area (Å²) in [6.07, 6.45) is 4.14. The number of amides is 1. The first kappa shape index (κ1) is 26.1. The lowest BCUT2D eigenvalue weighted by Crippen LogP contribution is -2.39. The van der Waals surface area contributed by atoms with E-state index in [1.807, 2.05) is 11.0 Å². The lowest BCUT2D eigenvalue weighted by Gasteiger charge is -2.27. The van der Waals surface area contributed by atoms with E-state index in [1.54, 1.807) is 19.2 Å². The van der Waals surface area contributed by atoms with Crippen LogP contribution in [-0.2, 0) is 14.3 Å². The normalized spacial score (nSPS) is 12.0. The molecule has 0 spiro atoms. The van der Waals surface area contributed by atoms with E-state index < -0.39 is 5.97 Å². The van der Waals surface area contributed by atoms with Crippen LogP contribution in [0, 0.1) is 5.92 Å². The van der Waals surface area contributed by atoms with Crippen molar-refractivity contribution in [3.05, 3.63) is 28.2 Å². The van der Waals surface area contributed by atoms with Gasteiger partial charge in [0, 0.05) is 49.8 Å². The lowest BCUT2D eigenvalue weighted by molar-refractivity contribution is -0.138. The Balaban J connectivity index is 2.83. The number of hydrogen-bond donors (Lipinski definition) is 1. The van der Waals surface area contributed by atoms with Crippen LogP contribution in [0.5, 0.6) is 0 Å². The average Bonchev–Trinajstić information content (AvgIpc) is 2.69. The summed E-state index contributed by atoms with van der Waals surface area (Å²) in [5.41, 5.74) is 0. The fourth-order valence-corrected chi connectivity index (χ4v) is 4.31. The Labute approximate surface area is 188 Å². The Morgan fingerprint density at radius 1 is 1.17 bits per heavy atom. The van der Waals surface area contributed by atoms with Crippen LogP contribution < -0.4 is 0 Å². The number of carboxylic acids is 1. The summed E-state index contributed by atoms with van der Waals surface area (Å²) in [7, 11) is 1.65. The lowest BCUT2D eigenvalue weighted by atomic mass is 10.0. The van der Waals surface area contributed by atoms with Gasteiger partial charge < -0.3 is 14.7 Å². The van der Waals surface area contributed by atoms with Crippen molar-refractivity contribution in [2.45, 2.75) is 50.3 Å². The molecule has 0 saturated heterocycles. The Hall–Kier alpha value is -0.950. The fourth-order valence-electron chi connectivity index (χ4n) is 2.88. The van der Waals surface area contributed by atoms with Crippen LogP contribution in [0.4, 0.5) is 0 Å². The minimum Gasteiger partial charge on any atom is -0.481 e. The highest BCUT2D eigenvalue weighted by Gasteiger charge is 2.25. The predicted molar refractivity (Wildman–Crippen MR) is 120 cm³/mol. The predicted octanol–water partition coefficient (Wildman–Crippen LogP) is 5.62. The fraction of sp³-hybridized carbons (Fsp3) is 0.619. The molecule has 0 aromatic heterocycles. The Morgan fingerprint density at radius 3 is 2.52 bits per heavy atom. The molecule has 164 valence electrons. The molecule has 0 aliphatic rings. The van der Waals surface area contributed by atoms with E-state index in [4.69, 9.17) is 33.0 Å². The van der Waals surface area contributed by atoms with Crippen LogP contribution in [0.1, 0.15) is 45.4 Å². The molecule has 0 radical (unpaired) electrons. The third kappa shape index (κ3) is 10.6. The maximum absolute atomic E-state index is 13.2. The van der Waals surface area contributed by atoms with Gasteiger partial charge in [-0.15, -0.1) is 11.8 Å². The van der Waals surface area contributed by atoms with Crippen LogP contribution in [0.25, 0.3) is 0 Å². The number of carboxylic acid groups (broad SMARTS) is 1. The summed E-state index contributed by atoms with van der Waals surface area (Å²) >= 11 is 13.5. The molecule has 0 aliphatic heterocycles. The summed E-state index contributed by atoms with van der Waals surface area (Å²) in [4.78, 5) is 27.1. The maximum Gasteiger partial charge on any atom is 0.303 e. The van der Waals surface area contributed by atoms with Gasteiger partial charge in [0.1, 0.15) is 0 Å². The Morgan fingerprint density at radius 2 is 1.90 bits per heavy atom. The number of aliphatic carboxylic acids is 1. The molecule has 1 rings (SSSR count). The number of rotatable bonds is 15. The largest absolute Gasteiger partial charge is 0.481 e. The van der Waals surface area contributed by atoms with Crippen LogP contribution in [-0.4, -0.2) is 54.4 Å². The molecule has 0 saturated carbocycles. The molecular formula is C21H31Cl2NO4S. The van der Waals surface area contributed by atoms with Gasteiger partial charge in [0.05, 0.1) is 10.0 Å². The molecule has 5 nitrogen and oxygen atoms in total. The summed E-state index contributed by atoms with van der Waals surface area (Å²) in [6.45, 7) is 4.03. The van der Waals surface area contributed by atoms with Crippen molar-refractivity contribution < 1.29 is 19.4 Å². The van der Waals surface area contributed by atoms with Crippen molar-refractivity contribution in [2.75, 3.05) is 32.6 Å². The first-order valence-corrected chi connectivity index (χ1v) is 11.7. The van der Waals surface area contributed by atoms with Crippen molar-refractivity contribution in [2.24, 2.45) is 5.92 Å². The van der Waals surface area contributed by atoms with Crippen molar-refractivity contribution in [1.29, 1.82) is 0 Å². The van der Waals surface area contributed by atoms with Crippen molar-refractivity contribution in [3.63, 3.8) is 0 Å². The standard InChI is InChI=1S/C21H31Cl2NO4S/c1-3-4-5-11-24(12-6-13-28-2)21(27)16(7-10-20(25)26)15-29-17-8-9-18(22)19(23)14-17/h8-9,14,16H,3-7,10-13,15H2,1-2H3,(H,25,26). The van der Waals surface area contributed by atoms with E-state index in [2.05, 4.69) is 6.92 Å². The molecule has 0 aliphatic carbocycles. The average molecular weight is 464 g/mol. The zero-order valence-corrected chi connectivity index (χ0v) is 19.5. The topological polar surface area (TPSA) is 66.8 Å². The number of unbranched alkanes of at least 4 members (excludes halogenated alkanes) is 2.